The zero-order chi connectivity index (χ0) is 18.8. The molecule has 4 rings (SSSR count). The smallest absolute Gasteiger partial charge is 0.225 e. The van der Waals surface area contributed by atoms with E-state index in [9.17, 15) is 14.3 Å². The largest absolute Gasteiger partial charge is 0.393 e. The van der Waals surface area contributed by atoms with Crippen LogP contribution in [0.4, 0.5) is 4.39 Å². The summed E-state index contributed by atoms with van der Waals surface area (Å²) in [5.41, 5.74) is 2.18. The van der Waals surface area contributed by atoms with Gasteiger partial charge in [0, 0.05) is 11.6 Å². The summed E-state index contributed by atoms with van der Waals surface area (Å²) in [5.74, 6) is -0.470. The van der Waals surface area contributed by atoms with Crippen molar-refractivity contribution in [2.24, 2.45) is 5.92 Å². The molecule has 1 saturated carbocycles. The lowest BCUT2D eigenvalue weighted by Gasteiger charge is -2.38. The maximum atomic E-state index is 13.8. The van der Waals surface area contributed by atoms with Crippen LogP contribution in [0.2, 0.25) is 0 Å². The SMILES string of the molecule is O=C(Cc1ccccc1F)N[C@H](c1cnc2ccccc2c1)C1CC(O)C1. The van der Waals surface area contributed by atoms with E-state index in [1.807, 2.05) is 30.3 Å². The molecule has 0 saturated heterocycles. The minimum atomic E-state index is -0.379. The number of rotatable bonds is 5. The van der Waals surface area contributed by atoms with Crippen LogP contribution in [0.15, 0.2) is 60.8 Å². The molecule has 1 aliphatic rings. The number of nitrogens with zero attached hydrogens (tertiary/aromatic N) is 1. The van der Waals surface area contributed by atoms with E-state index in [0.717, 1.165) is 16.5 Å². The molecule has 2 N–H and O–H groups in total. The summed E-state index contributed by atoms with van der Waals surface area (Å²) in [7, 11) is 0. The molecule has 1 aliphatic carbocycles. The van der Waals surface area contributed by atoms with Crippen LogP contribution in [0.25, 0.3) is 10.9 Å². The number of hydrogen-bond donors (Lipinski definition) is 2. The third kappa shape index (κ3) is 3.83. The Kier molecular flexibility index (Phi) is 4.86. The van der Waals surface area contributed by atoms with Crippen LogP contribution >= 0.6 is 0 Å². The van der Waals surface area contributed by atoms with E-state index in [-0.39, 0.29) is 36.2 Å². The average molecular weight is 364 g/mol. The molecule has 0 spiro atoms. The quantitative estimate of drug-likeness (QED) is 0.728. The second kappa shape index (κ2) is 7.45. The first-order valence-electron chi connectivity index (χ1n) is 9.15. The lowest BCUT2D eigenvalue weighted by atomic mass is 9.75. The van der Waals surface area contributed by atoms with Gasteiger partial charge >= 0.3 is 0 Å². The van der Waals surface area contributed by atoms with Crippen LogP contribution in [0.1, 0.15) is 30.0 Å². The number of para-hydroxylation sites is 1. The fourth-order valence-corrected chi connectivity index (χ4v) is 3.67. The summed E-state index contributed by atoms with van der Waals surface area (Å²) in [4.78, 5) is 17.1. The highest BCUT2D eigenvalue weighted by atomic mass is 19.1. The van der Waals surface area contributed by atoms with Crippen molar-refractivity contribution < 1.29 is 14.3 Å². The van der Waals surface area contributed by atoms with E-state index in [2.05, 4.69) is 10.3 Å². The van der Waals surface area contributed by atoms with Gasteiger partial charge in [-0.05, 0) is 48.1 Å². The normalized spacial score (nSPS) is 20.1. The fourth-order valence-electron chi connectivity index (χ4n) is 3.67. The Labute approximate surface area is 157 Å². The molecule has 138 valence electrons. The van der Waals surface area contributed by atoms with E-state index < -0.39 is 0 Å². The van der Waals surface area contributed by atoms with Crippen molar-refractivity contribution in [1.29, 1.82) is 0 Å². The van der Waals surface area contributed by atoms with Gasteiger partial charge in [-0.1, -0.05) is 36.4 Å². The van der Waals surface area contributed by atoms with E-state index in [1.165, 1.54) is 6.07 Å². The van der Waals surface area contributed by atoms with Gasteiger partial charge in [-0.3, -0.25) is 9.78 Å². The van der Waals surface area contributed by atoms with E-state index in [1.54, 1.807) is 24.4 Å². The number of amides is 1. The number of benzene rings is 2. The lowest BCUT2D eigenvalue weighted by molar-refractivity contribution is -0.122. The lowest BCUT2D eigenvalue weighted by Crippen LogP contribution is -2.42. The minimum Gasteiger partial charge on any atom is -0.393 e. The molecule has 0 radical (unpaired) electrons. The number of carbonyl (C=O) groups is 1. The van der Waals surface area contributed by atoms with Crippen LogP contribution in [0.3, 0.4) is 0 Å². The zero-order valence-corrected chi connectivity index (χ0v) is 14.8. The predicted octanol–water partition coefficient (Wildman–Crippen LogP) is 3.54. The molecule has 1 atom stereocenters. The molecule has 1 amide bonds. The Balaban J connectivity index is 1.57. The summed E-state index contributed by atoms with van der Waals surface area (Å²) in [6.45, 7) is 0. The van der Waals surface area contributed by atoms with Crippen molar-refractivity contribution in [1.82, 2.24) is 10.3 Å². The summed E-state index contributed by atoms with van der Waals surface area (Å²) >= 11 is 0. The van der Waals surface area contributed by atoms with Crippen LogP contribution in [-0.2, 0) is 11.2 Å². The first-order chi connectivity index (χ1) is 13.1. The second-order valence-corrected chi connectivity index (χ2v) is 7.16. The summed E-state index contributed by atoms with van der Waals surface area (Å²) in [6.07, 6.45) is 2.71. The summed E-state index contributed by atoms with van der Waals surface area (Å²) in [6, 6.07) is 15.9. The molecule has 1 aromatic heterocycles. The predicted molar refractivity (Wildman–Crippen MR) is 101 cm³/mol. The van der Waals surface area contributed by atoms with Crippen molar-refractivity contribution in [3.63, 3.8) is 0 Å². The number of aliphatic hydroxyl groups is 1. The number of aromatic nitrogens is 1. The molecule has 27 heavy (non-hydrogen) atoms. The highest BCUT2D eigenvalue weighted by molar-refractivity contribution is 5.81. The zero-order valence-electron chi connectivity index (χ0n) is 14.8. The van der Waals surface area contributed by atoms with Crippen molar-refractivity contribution >= 4 is 16.8 Å². The maximum absolute atomic E-state index is 13.8. The standard InChI is InChI=1S/C22H21FN2O2/c23-19-7-3-1-5-14(19)12-21(27)25-22(16-10-18(26)11-16)17-9-15-6-2-4-8-20(15)24-13-17/h1-9,13,16,18,22,26H,10-12H2,(H,25,27)/t16?,18?,22-/m0/s1. The molecule has 1 fully saturated rings. The van der Waals surface area contributed by atoms with Crippen LogP contribution in [-0.4, -0.2) is 22.1 Å². The summed E-state index contributed by atoms with van der Waals surface area (Å²) in [5, 5.41) is 13.8. The van der Waals surface area contributed by atoms with Gasteiger partial charge in [0.1, 0.15) is 5.82 Å². The molecular formula is C22H21FN2O2. The number of pyridine rings is 1. The van der Waals surface area contributed by atoms with Gasteiger partial charge in [-0.15, -0.1) is 0 Å². The first-order valence-corrected chi connectivity index (χ1v) is 9.15. The monoisotopic (exact) mass is 364 g/mol. The fraction of sp³-hybridized carbons (Fsp3) is 0.273. The molecule has 5 heteroatoms. The maximum Gasteiger partial charge on any atom is 0.225 e. The molecule has 0 unspecified atom stereocenters. The molecule has 4 nitrogen and oxygen atoms in total. The van der Waals surface area contributed by atoms with Gasteiger partial charge in [-0.2, -0.15) is 0 Å². The van der Waals surface area contributed by atoms with E-state index >= 15 is 0 Å². The number of fused-ring (bicyclic) bond motifs is 1. The van der Waals surface area contributed by atoms with Gasteiger partial charge in [0.05, 0.1) is 24.1 Å². The van der Waals surface area contributed by atoms with Gasteiger partial charge in [0.15, 0.2) is 0 Å². The van der Waals surface area contributed by atoms with Crippen molar-refractivity contribution in [3.05, 3.63) is 77.7 Å². The van der Waals surface area contributed by atoms with Crippen molar-refractivity contribution in [2.45, 2.75) is 31.4 Å². The van der Waals surface area contributed by atoms with E-state index in [0.29, 0.717) is 18.4 Å². The van der Waals surface area contributed by atoms with Crippen molar-refractivity contribution in [3.8, 4) is 0 Å². The average Bonchev–Trinajstić information content (AvgIpc) is 2.65. The van der Waals surface area contributed by atoms with Gasteiger partial charge in [-0.25, -0.2) is 4.39 Å². The molecule has 3 aromatic rings. The number of nitrogens with one attached hydrogen (secondary N) is 1. The third-order valence-corrected chi connectivity index (χ3v) is 5.22. The van der Waals surface area contributed by atoms with Crippen molar-refractivity contribution in [2.75, 3.05) is 0 Å². The number of hydrogen-bond acceptors (Lipinski definition) is 3. The Bertz CT molecular complexity index is 969. The molecular weight excluding hydrogens is 343 g/mol. The first kappa shape index (κ1) is 17.6. The Morgan fingerprint density at radius 1 is 1.19 bits per heavy atom. The molecule has 0 bridgehead atoms. The highest BCUT2D eigenvalue weighted by Crippen LogP contribution is 2.38. The molecule has 0 aliphatic heterocycles. The second-order valence-electron chi connectivity index (χ2n) is 7.16. The third-order valence-electron chi connectivity index (χ3n) is 5.22. The Hall–Kier alpha value is -2.79. The van der Waals surface area contributed by atoms with Crippen LogP contribution in [0.5, 0.6) is 0 Å². The topological polar surface area (TPSA) is 62.2 Å². The Morgan fingerprint density at radius 3 is 2.70 bits per heavy atom. The number of aliphatic hydroxyl groups excluding tert-OH is 1. The van der Waals surface area contributed by atoms with Crippen LogP contribution < -0.4 is 5.32 Å². The molecule has 2 aromatic carbocycles. The minimum absolute atomic E-state index is 0.0144. The van der Waals surface area contributed by atoms with Gasteiger partial charge in [0.2, 0.25) is 5.91 Å². The van der Waals surface area contributed by atoms with E-state index in [4.69, 9.17) is 0 Å². The van der Waals surface area contributed by atoms with Gasteiger partial charge in [0.25, 0.3) is 0 Å². The van der Waals surface area contributed by atoms with Gasteiger partial charge < -0.3 is 10.4 Å². The Morgan fingerprint density at radius 2 is 1.93 bits per heavy atom. The highest BCUT2D eigenvalue weighted by Gasteiger charge is 2.36. The van der Waals surface area contributed by atoms with Crippen LogP contribution in [0, 0.1) is 11.7 Å². The summed E-state index contributed by atoms with van der Waals surface area (Å²) < 4.78 is 13.8. The molecule has 1 heterocycles. The number of halogens is 1. The number of carbonyl (C=O) groups excluding carboxylic acids is 1.